The second-order valence-electron chi connectivity index (χ2n) is 3.36. The van der Waals surface area contributed by atoms with E-state index in [1.165, 1.54) is 23.1 Å². The van der Waals surface area contributed by atoms with Crippen LogP contribution in [0.1, 0.15) is 11.4 Å². The van der Waals surface area contributed by atoms with Gasteiger partial charge in [0.2, 0.25) is 0 Å². The van der Waals surface area contributed by atoms with Crippen LogP contribution in [-0.4, -0.2) is 14.8 Å². The van der Waals surface area contributed by atoms with Crippen molar-refractivity contribution in [1.29, 1.82) is 0 Å². The van der Waals surface area contributed by atoms with Gasteiger partial charge in [-0.1, -0.05) is 6.07 Å². The van der Waals surface area contributed by atoms with Crippen molar-refractivity contribution in [2.45, 2.75) is 12.7 Å². The summed E-state index contributed by atoms with van der Waals surface area (Å²) in [5.74, 6) is 0.377. The highest BCUT2D eigenvalue weighted by Gasteiger charge is 2.30. The van der Waals surface area contributed by atoms with Gasteiger partial charge in [0.25, 0.3) is 0 Å². The van der Waals surface area contributed by atoms with Crippen LogP contribution < -0.4 is 5.73 Å². The SMILES string of the molecule is NCc1ncn(-c2cccc(C(F)(F)F)c2)n1. The van der Waals surface area contributed by atoms with E-state index in [-0.39, 0.29) is 6.54 Å². The van der Waals surface area contributed by atoms with Crippen LogP contribution in [-0.2, 0) is 12.7 Å². The second kappa shape index (κ2) is 4.17. The predicted octanol–water partition coefficient (Wildman–Crippen LogP) is 1.74. The van der Waals surface area contributed by atoms with Gasteiger partial charge < -0.3 is 5.73 Å². The number of benzene rings is 1. The third-order valence-corrected chi connectivity index (χ3v) is 2.16. The quantitative estimate of drug-likeness (QED) is 0.872. The first kappa shape index (κ1) is 11.6. The minimum atomic E-state index is -4.37. The molecular weight excluding hydrogens is 233 g/mol. The fourth-order valence-electron chi connectivity index (χ4n) is 1.34. The van der Waals surface area contributed by atoms with E-state index in [1.54, 1.807) is 0 Å². The molecule has 2 aromatic rings. The number of nitrogens with two attached hydrogens (primary N) is 1. The van der Waals surface area contributed by atoms with Crippen LogP contribution in [0.5, 0.6) is 0 Å². The summed E-state index contributed by atoms with van der Waals surface area (Å²) in [6.45, 7) is 0.145. The summed E-state index contributed by atoms with van der Waals surface area (Å²) in [6.07, 6.45) is -3.04. The van der Waals surface area contributed by atoms with Crippen molar-refractivity contribution in [3.05, 3.63) is 42.0 Å². The van der Waals surface area contributed by atoms with Gasteiger partial charge in [0.15, 0.2) is 5.82 Å². The summed E-state index contributed by atoms with van der Waals surface area (Å²) in [4.78, 5) is 3.85. The molecule has 0 amide bonds. The molecule has 0 fully saturated rings. The van der Waals surface area contributed by atoms with Gasteiger partial charge in [-0.3, -0.25) is 0 Å². The zero-order chi connectivity index (χ0) is 12.5. The molecule has 1 aromatic carbocycles. The molecule has 0 unspecified atom stereocenters. The number of hydrogen-bond acceptors (Lipinski definition) is 3. The summed E-state index contributed by atoms with van der Waals surface area (Å²) in [7, 11) is 0. The average molecular weight is 242 g/mol. The zero-order valence-corrected chi connectivity index (χ0v) is 8.65. The lowest BCUT2D eigenvalue weighted by Crippen LogP contribution is -2.06. The second-order valence-corrected chi connectivity index (χ2v) is 3.36. The molecule has 0 saturated heterocycles. The van der Waals surface area contributed by atoms with Gasteiger partial charge in [-0.25, -0.2) is 9.67 Å². The van der Waals surface area contributed by atoms with Crippen LogP contribution >= 0.6 is 0 Å². The van der Waals surface area contributed by atoms with E-state index < -0.39 is 11.7 Å². The number of aromatic nitrogens is 3. The van der Waals surface area contributed by atoms with E-state index in [9.17, 15) is 13.2 Å². The highest BCUT2D eigenvalue weighted by molar-refractivity contribution is 5.35. The monoisotopic (exact) mass is 242 g/mol. The highest BCUT2D eigenvalue weighted by atomic mass is 19.4. The Morgan fingerprint density at radius 2 is 2.06 bits per heavy atom. The fraction of sp³-hybridized carbons (Fsp3) is 0.200. The minimum Gasteiger partial charge on any atom is -0.324 e. The molecule has 1 aromatic heterocycles. The van der Waals surface area contributed by atoms with Gasteiger partial charge in [-0.2, -0.15) is 13.2 Å². The van der Waals surface area contributed by atoms with E-state index >= 15 is 0 Å². The number of halogens is 3. The van der Waals surface area contributed by atoms with E-state index in [2.05, 4.69) is 10.1 Å². The summed E-state index contributed by atoms with van der Waals surface area (Å²) >= 11 is 0. The number of nitrogens with zero attached hydrogens (tertiary/aromatic N) is 3. The maximum atomic E-state index is 12.5. The van der Waals surface area contributed by atoms with Crippen molar-refractivity contribution in [2.75, 3.05) is 0 Å². The first-order valence-corrected chi connectivity index (χ1v) is 4.79. The summed E-state index contributed by atoms with van der Waals surface area (Å²) < 4.78 is 38.7. The van der Waals surface area contributed by atoms with E-state index in [0.717, 1.165) is 12.1 Å². The maximum absolute atomic E-state index is 12.5. The molecule has 0 aliphatic carbocycles. The molecular formula is C10H9F3N4. The first-order chi connectivity index (χ1) is 8.00. The Morgan fingerprint density at radius 1 is 1.29 bits per heavy atom. The van der Waals surface area contributed by atoms with Crippen LogP contribution in [0, 0.1) is 0 Å². The lowest BCUT2D eigenvalue weighted by atomic mass is 10.2. The minimum absolute atomic E-state index is 0.145. The van der Waals surface area contributed by atoms with Gasteiger partial charge in [-0.05, 0) is 18.2 Å². The van der Waals surface area contributed by atoms with Gasteiger partial charge in [0, 0.05) is 0 Å². The Balaban J connectivity index is 2.39. The normalized spacial score (nSPS) is 11.8. The third-order valence-electron chi connectivity index (χ3n) is 2.16. The van der Waals surface area contributed by atoms with E-state index in [4.69, 9.17) is 5.73 Å². The van der Waals surface area contributed by atoms with Gasteiger partial charge in [0.05, 0.1) is 17.8 Å². The molecule has 4 nitrogen and oxygen atoms in total. The first-order valence-electron chi connectivity index (χ1n) is 4.79. The molecule has 2 N–H and O–H groups in total. The van der Waals surface area contributed by atoms with E-state index in [1.807, 2.05) is 0 Å². The summed E-state index contributed by atoms with van der Waals surface area (Å²) in [5.41, 5.74) is 4.90. The molecule has 0 radical (unpaired) electrons. The third kappa shape index (κ3) is 2.44. The predicted molar refractivity (Wildman–Crippen MR) is 54.3 cm³/mol. The Kier molecular flexibility index (Phi) is 2.84. The number of hydrogen-bond donors (Lipinski definition) is 1. The van der Waals surface area contributed by atoms with Crippen LogP contribution in [0.4, 0.5) is 13.2 Å². The molecule has 1 heterocycles. The molecule has 0 aliphatic rings. The molecule has 0 bridgehead atoms. The van der Waals surface area contributed by atoms with Crippen molar-refractivity contribution < 1.29 is 13.2 Å². The molecule has 0 aliphatic heterocycles. The Morgan fingerprint density at radius 3 is 2.65 bits per heavy atom. The highest BCUT2D eigenvalue weighted by Crippen LogP contribution is 2.30. The van der Waals surface area contributed by atoms with Crippen molar-refractivity contribution in [2.24, 2.45) is 5.73 Å². The van der Waals surface area contributed by atoms with E-state index in [0.29, 0.717) is 11.5 Å². The Bertz CT molecular complexity index is 518. The Hall–Kier alpha value is -1.89. The standard InChI is InChI=1S/C10H9F3N4/c11-10(12,13)7-2-1-3-8(4-7)17-6-15-9(5-14)16-17/h1-4,6H,5,14H2. The average Bonchev–Trinajstić information content (AvgIpc) is 2.76. The largest absolute Gasteiger partial charge is 0.416 e. The molecule has 2 rings (SSSR count). The zero-order valence-electron chi connectivity index (χ0n) is 8.65. The van der Waals surface area contributed by atoms with Gasteiger partial charge >= 0.3 is 6.18 Å². The van der Waals surface area contributed by atoms with Crippen LogP contribution in [0.15, 0.2) is 30.6 Å². The summed E-state index contributed by atoms with van der Waals surface area (Å²) in [6, 6.07) is 4.85. The molecule has 90 valence electrons. The molecule has 0 saturated carbocycles. The molecule has 0 spiro atoms. The van der Waals surface area contributed by atoms with Crippen molar-refractivity contribution in [1.82, 2.24) is 14.8 Å². The number of rotatable bonds is 2. The molecule has 7 heteroatoms. The summed E-state index contributed by atoms with van der Waals surface area (Å²) in [5, 5.41) is 3.94. The van der Waals surface area contributed by atoms with Crippen LogP contribution in [0.25, 0.3) is 5.69 Å². The van der Waals surface area contributed by atoms with Crippen molar-refractivity contribution >= 4 is 0 Å². The van der Waals surface area contributed by atoms with Crippen LogP contribution in [0.2, 0.25) is 0 Å². The lowest BCUT2D eigenvalue weighted by Gasteiger charge is -2.08. The molecule has 0 atom stereocenters. The van der Waals surface area contributed by atoms with Crippen LogP contribution in [0.3, 0.4) is 0 Å². The topological polar surface area (TPSA) is 56.7 Å². The smallest absolute Gasteiger partial charge is 0.324 e. The molecule has 17 heavy (non-hydrogen) atoms. The lowest BCUT2D eigenvalue weighted by molar-refractivity contribution is -0.137. The van der Waals surface area contributed by atoms with Crippen molar-refractivity contribution in [3.63, 3.8) is 0 Å². The van der Waals surface area contributed by atoms with Crippen molar-refractivity contribution in [3.8, 4) is 5.69 Å². The van der Waals surface area contributed by atoms with Gasteiger partial charge in [0.1, 0.15) is 6.33 Å². The fourth-order valence-corrected chi connectivity index (χ4v) is 1.34. The number of alkyl halides is 3. The van der Waals surface area contributed by atoms with Gasteiger partial charge in [-0.15, -0.1) is 5.10 Å². The maximum Gasteiger partial charge on any atom is 0.416 e. The Labute approximate surface area is 94.9 Å².